The molecule has 8 rings (SSSR count). The first-order valence-corrected chi connectivity index (χ1v) is 21.9. The Hall–Kier alpha value is -7.38. The molecule has 13 nitrogen and oxygen atoms in total. The second-order valence-corrected chi connectivity index (χ2v) is 16.2. The third-order valence-corrected chi connectivity index (χ3v) is 11.9. The molecule has 13 heteroatoms. The van der Waals surface area contributed by atoms with E-state index in [0.29, 0.717) is 12.0 Å². The predicted octanol–water partition coefficient (Wildman–Crippen LogP) is 9.01. The van der Waals surface area contributed by atoms with Gasteiger partial charge in [-0.05, 0) is 91.6 Å². The highest BCUT2D eigenvalue weighted by Gasteiger charge is 2.44. The van der Waals surface area contributed by atoms with Crippen LogP contribution in [0.3, 0.4) is 0 Å². The monoisotopic (exact) mass is 876 g/mol. The van der Waals surface area contributed by atoms with Gasteiger partial charge in [-0.1, -0.05) is 78.9 Å². The maximum absolute atomic E-state index is 14.0. The lowest BCUT2D eigenvalue weighted by atomic mass is 9.99. The van der Waals surface area contributed by atoms with Crippen LogP contribution in [-0.4, -0.2) is 73.5 Å². The van der Waals surface area contributed by atoms with Crippen molar-refractivity contribution in [3.63, 3.8) is 0 Å². The number of fused-ring (bicyclic) bond motifs is 4. The minimum absolute atomic E-state index is 0.0446. The van der Waals surface area contributed by atoms with Gasteiger partial charge in [-0.15, -0.1) is 0 Å². The van der Waals surface area contributed by atoms with E-state index in [4.69, 9.17) is 18.9 Å². The van der Waals surface area contributed by atoms with Gasteiger partial charge < -0.3 is 44.0 Å². The Kier molecular flexibility index (Phi) is 13.9. The highest BCUT2D eigenvalue weighted by atomic mass is 16.7. The van der Waals surface area contributed by atoms with Crippen molar-refractivity contribution in [3.8, 4) is 0 Å². The van der Waals surface area contributed by atoms with Gasteiger partial charge in [0.25, 0.3) is 0 Å². The third kappa shape index (κ3) is 10.5. The van der Waals surface area contributed by atoms with E-state index in [-0.39, 0.29) is 44.9 Å². The molecule has 4 aromatic heterocycles. The number of allylic oxidation sites excluding steroid dienone is 1. The molecule has 0 aliphatic heterocycles. The van der Waals surface area contributed by atoms with Crippen LogP contribution >= 0.6 is 0 Å². The van der Waals surface area contributed by atoms with Gasteiger partial charge in [0.1, 0.15) is 0 Å². The van der Waals surface area contributed by atoms with Crippen molar-refractivity contribution in [2.24, 2.45) is 0 Å². The zero-order valence-corrected chi connectivity index (χ0v) is 36.3. The van der Waals surface area contributed by atoms with Crippen molar-refractivity contribution in [3.05, 3.63) is 156 Å². The first-order chi connectivity index (χ1) is 31.6. The molecule has 0 bridgehead atoms. The SMILES string of the molecule is C/C=C(/C)[C@H](OC(=O)CCc1c[nH]c2ccccc12)[C@@H](OC(=O)CCc1c[nH]c2ccccc12)[C@@H](OC(=O)CCc1c[nH]c2ccccc12)C(O)OC(=O)CCc1c[nH]c2ccccc12. The van der Waals surface area contributed by atoms with Crippen LogP contribution in [-0.2, 0) is 63.8 Å². The summed E-state index contributed by atoms with van der Waals surface area (Å²) in [4.78, 5) is 68.2. The Balaban J connectivity index is 1.07. The minimum atomic E-state index is -2.13. The van der Waals surface area contributed by atoms with E-state index in [9.17, 15) is 24.3 Å². The van der Waals surface area contributed by atoms with Gasteiger partial charge in [-0.3, -0.25) is 19.2 Å². The second kappa shape index (κ2) is 20.4. The average molecular weight is 877 g/mol. The number of aliphatic hydroxyl groups excluding tert-OH is 1. The van der Waals surface area contributed by atoms with E-state index in [0.717, 1.165) is 65.9 Å². The lowest BCUT2D eigenvalue weighted by Gasteiger charge is -2.35. The van der Waals surface area contributed by atoms with Crippen molar-refractivity contribution < 1.29 is 43.2 Å². The normalized spacial score (nSPS) is 13.7. The van der Waals surface area contributed by atoms with Crippen LogP contribution in [0.1, 0.15) is 61.8 Å². The van der Waals surface area contributed by atoms with Crippen LogP contribution in [0.5, 0.6) is 0 Å². The maximum Gasteiger partial charge on any atom is 0.308 e. The lowest BCUT2D eigenvalue weighted by Crippen LogP contribution is -2.52. The fourth-order valence-electron chi connectivity index (χ4n) is 8.36. The Morgan fingerprint density at radius 1 is 0.477 bits per heavy atom. The summed E-state index contributed by atoms with van der Waals surface area (Å²) in [6.07, 6.45) is 2.77. The number of H-pyrrole nitrogens is 4. The number of nitrogens with one attached hydrogen (secondary N) is 4. The molecule has 334 valence electrons. The zero-order valence-electron chi connectivity index (χ0n) is 36.3. The van der Waals surface area contributed by atoms with Crippen molar-refractivity contribution in [1.82, 2.24) is 19.9 Å². The van der Waals surface area contributed by atoms with E-state index in [1.807, 2.05) is 122 Å². The molecule has 65 heavy (non-hydrogen) atoms. The minimum Gasteiger partial charge on any atom is -0.454 e. The molecule has 0 radical (unpaired) electrons. The number of aliphatic hydroxyl groups is 1. The number of para-hydroxylation sites is 4. The Labute approximate surface area is 375 Å². The molecule has 4 heterocycles. The first kappa shape index (κ1) is 44.2. The van der Waals surface area contributed by atoms with Crippen LogP contribution in [0.15, 0.2) is 133 Å². The van der Waals surface area contributed by atoms with E-state index < -0.39 is 48.5 Å². The van der Waals surface area contributed by atoms with E-state index in [2.05, 4.69) is 19.9 Å². The highest BCUT2D eigenvalue weighted by molar-refractivity contribution is 5.86. The van der Waals surface area contributed by atoms with Crippen LogP contribution in [0.25, 0.3) is 43.6 Å². The molecule has 0 fully saturated rings. The molecule has 0 saturated carbocycles. The molecule has 0 amide bonds. The Morgan fingerprint density at radius 3 is 1.14 bits per heavy atom. The smallest absolute Gasteiger partial charge is 0.308 e. The predicted molar refractivity (Wildman–Crippen MR) is 248 cm³/mol. The number of rotatable bonds is 20. The average Bonchev–Trinajstić information content (AvgIpc) is 4.14. The van der Waals surface area contributed by atoms with E-state index >= 15 is 0 Å². The number of ether oxygens (including phenoxy) is 4. The van der Waals surface area contributed by atoms with Crippen molar-refractivity contribution in [1.29, 1.82) is 0 Å². The number of hydrogen-bond acceptors (Lipinski definition) is 9. The van der Waals surface area contributed by atoms with Gasteiger partial charge in [0, 0.05) is 94.1 Å². The summed E-state index contributed by atoms with van der Waals surface area (Å²) in [5.74, 6) is -2.91. The standard InChI is InChI=1S/C52H52N4O9/c1-3-32(2)49(62-45(57)24-20-33-28-53-41-16-8-4-12-37(33)41)50(63-46(58)25-21-34-29-54-42-17-9-5-13-38(34)42)51(64-47(59)26-22-35-30-55-43-18-10-6-14-39(35)43)52(61)65-48(60)27-23-36-31-56-44-19-11-7-15-40(36)44/h3-19,28-31,49-56,61H,20-27H2,1-2H3/b32-3-/t49-,50+,51+,52?/m0/s1. The zero-order chi connectivity index (χ0) is 45.3. The molecule has 0 aliphatic rings. The number of hydrogen-bond donors (Lipinski definition) is 5. The topological polar surface area (TPSA) is 189 Å². The van der Waals surface area contributed by atoms with E-state index in [1.165, 1.54) is 0 Å². The van der Waals surface area contributed by atoms with Gasteiger partial charge in [0.2, 0.25) is 12.4 Å². The first-order valence-electron chi connectivity index (χ1n) is 21.9. The molecule has 1 unspecified atom stereocenters. The fourth-order valence-corrected chi connectivity index (χ4v) is 8.36. The van der Waals surface area contributed by atoms with Crippen LogP contribution in [0.2, 0.25) is 0 Å². The fraction of sp³-hybridized carbons (Fsp3) is 0.269. The summed E-state index contributed by atoms with van der Waals surface area (Å²) < 4.78 is 24.0. The summed E-state index contributed by atoms with van der Waals surface area (Å²) in [6.45, 7) is 3.40. The molecule has 4 atom stereocenters. The Bertz CT molecular complexity index is 2970. The van der Waals surface area contributed by atoms with Crippen molar-refractivity contribution in [2.75, 3.05) is 0 Å². The largest absolute Gasteiger partial charge is 0.454 e. The summed E-state index contributed by atoms with van der Waals surface area (Å²) >= 11 is 0. The van der Waals surface area contributed by atoms with Gasteiger partial charge in [-0.2, -0.15) is 0 Å². The quantitative estimate of drug-likeness (QED) is 0.0215. The molecular weight excluding hydrogens is 825 g/mol. The summed E-state index contributed by atoms with van der Waals surface area (Å²) in [5, 5.41) is 15.7. The molecule has 0 spiro atoms. The van der Waals surface area contributed by atoms with E-state index in [1.54, 1.807) is 19.9 Å². The number of esters is 4. The molecular formula is C52H52N4O9. The van der Waals surface area contributed by atoms with Crippen LogP contribution < -0.4 is 0 Å². The number of aromatic nitrogens is 4. The highest BCUT2D eigenvalue weighted by Crippen LogP contribution is 2.28. The second-order valence-electron chi connectivity index (χ2n) is 16.2. The van der Waals surface area contributed by atoms with Crippen LogP contribution in [0.4, 0.5) is 0 Å². The van der Waals surface area contributed by atoms with Gasteiger partial charge in [-0.25, -0.2) is 0 Å². The van der Waals surface area contributed by atoms with Crippen molar-refractivity contribution in [2.45, 2.75) is 89.8 Å². The summed E-state index contributed by atoms with van der Waals surface area (Å²) in [7, 11) is 0. The van der Waals surface area contributed by atoms with Crippen LogP contribution in [0, 0.1) is 0 Å². The Morgan fingerprint density at radius 2 is 0.785 bits per heavy atom. The number of aryl methyl sites for hydroxylation is 4. The number of carbonyl (C=O) groups excluding carboxylic acids is 4. The molecule has 0 saturated heterocycles. The van der Waals surface area contributed by atoms with Gasteiger partial charge in [0.05, 0.1) is 0 Å². The van der Waals surface area contributed by atoms with Gasteiger partial charge in [0.15, 0.2) is 12.2 Å². The number of benzene rings is 4. The number of aromatic amines is 4. The molecule has 8 aromatic rings. The molecule has 0 aliphatic carbocycles. The lowest BCUT2D eigenvalue weighted by molar-refractivity contribution is -0.227. The summed E-state index contributed by atoms with van der Waals surface area (Å²) in [6, 6.07) is 30.8. The number of carbonyl (C=O) groups is 4. The molecule has 4 aromatic carbocycles. The molecule has 5 N–H and O–H groups in total. The maximum atomic E-state index is 14.0. The summed E-state index contributed by atoms with van der Waals surface area (Å²) in [5.41, 5.74) is 7.62. The van der Waals surface area contributed by atoms with Gasteiger partial charge >= 0.3 is 23.9 Å². The third-order valence-electron chi connectivity index (χ3n) is 11.9. The van der Waals surface area contributed by atoms with Crippen molar-refractivity contribution >= 4 is 67.5 Å².